The molecule has 1 rings (SSSR count). The summed E-state index contributed by atoms with van der Waals surface area (Å²) >= 11 is 0. The Labute approximate surface area is 185 Å². The zero-order valence-electron chi connectivity index (χ0n) is 18.6. The van der Waals surface area contributed by atoms with Crippen LogP contribution in [0.4, 0.5) is 5.69 Å². The van der Waals surface area contributed by atoms with Gasteiger partial charge in [-0.3, -0.25) is 19.7 Å². The van der Waals surface area contributed by atoms with Crippen molar-refractivity contribution >= 4 is 23.7 Å². The Kier molecular flexibility index (Phi) is 14.4. The molecule has 0 aliphatic carbocycles. The maximum Gasteiger partial charge on any atom is 0.269 e. The first kappa shape index (κ1) is 26.3. The number of rotatable bonds is 17. The van der Waals surface area contributed by atoms with Crippen molar-refractivity contribution < 1.29 is 14.5 Å². The molecular weight excluding hydrogens is 396 g/mol. The number of hydrogen-bond acceptors (Lipinski definition) is 5. The number of nitrogens with one attached hydrogen (secondary N) is 2. The predicted molar refractivity (Wildman–Crippen MR) is 123 cm³/mol. The normalized spacial score (nSPS) is 10.9. The van der Waals surface area contributed by atoms with E-state index < -0.39 is 10.8 Å². The third kappa shape index (κ3) is 14.0. The van der Waals surface area contributed by atoms with Crippen molar-refractivity contribution in [2.24, 2.45) is 5.10 Å². The van der Waals surface area contributed by atoms with Gasteiger partial charge in [0.15, 0.2) is 0 Å². The first-order chi connectivity index (χ1) is 15.0. The molecule has 0 saturated carbocycles. The maximum absolute atomic E-state index is 11.8. The highest BCUT2D eigenvalue weighted by Gasteiger charge is 2.05. The van der Waals surface area contributed by atoms with Gasteiger partial charge in [-0.05, 0) is 24.1 Å². The van der Waals surface area contributed by atoms with Crippen LogP contribution in [-0.2, 0) is 9.59 Å². The second kappa shape index (κ2) is 17.0. The van der Waals surface area contributed by atoms with Crippen molar-refractivity contribution in [3.8, 4) is 0 Å². The zero-order chi connectivity index (χ0) is 22.7. The molecule has 1 aromatic carbocycles. The van der Waals surface area contributed by atoms with Gasteiger partial charge in [-0.25, -0.2) is 5.43 Å². The molecule has 0 aliphatic heterocycles. The molecule has 172 valence electrons. The van der Waals surface area contributed by atoms with Gasteiger partial charge in [-0.2, -0.15) is 5.10 Å². The Balaban J connectivity index is 2.01. The summed E-state index contributed by atoms with van der Waals surface area (Å²) in [6.07, 6.45) is 15.3. The Morgan fingerprint density at radius 2 is 1.45 bits per heavy atom. The van der Waals surface area contributed by atoms with E-state index in [-0.39, 0.29) is 18.1 Å². The highest BCUT2D eigenvalue weighted by Crippen LogP contribution is 2.12. The van der Waals surface area contributed by atoms with Crippen molar-refractivity contribution in [1.29, 1.82) is 0 Å². The molecule has 0 fully saturated rings. The zero-order valence-corrected chi connectivity index (χ0v) is 18.6. The lowest BCUT2D eigenvalue weighted by Gasteiger charge is -2.05. The van der Waals surface area contributed by atoms with E-state index in [2.05, 4.69) is 22.8 Å². The molecule has 0 unspecified atom stereocenters. The number of benzene rings is 1. The summed E-state index contributed by atoms with van der Waals surface area (Å²) in [6.45, 7) is 2.10. The summed E-state index contributed by atoms with van der Waals surface area (Å²) < 4.78 is 0. The number of carbonyl (C=O) groups excluding carboxylic acids is 2. The smallest absolute Gasteiger partial charge is 0.269 e. The number of hydrogen-bond donors (Lipinski definition) is 2. The third-order valence-electron chi connectivity index (χ3n) is 4.96. The lowest BCUT2D eigenvalue weighted by Crippen LogP contribution is -2.34. The summed E-state index contributed by atoms with van der Waals surface area (Å²) in [5.41, 5.74) is 2.92. The van der Waals surface area contributed by atoms with Crippen molar-refractivity contribution in [2.75, 3.05) is 6.54 Å². The van der Waals surface area contributed by atoms with Crippen LogP contribution in [0.15, 0.2) is 29.4 Å². The molecule has 31 heavy (non-hydrogen) atoms. The standard InChI is InChI=1S/C23H36N4O4/c1-2-3-4-5-6-7-8-9-10-11-12-13-22(28)24-19-23(29)26-25-18-20-14-16-21(17-15-20)27(30)31/h14-18H,2-13,19H2,1H3,(H,24,28)(H,26,29)/b25-18-. The van der Waals surface area contributed by atoms with Crippen LogP contribution in [0.1, 0.15) is 89.5 Å². The molecule has 0 radical (unpaired) electrons. The van der Waals surface area contributed by atoms with Gasteiger partial charge < -0.3 is 5.32 Å². The topological polar surface area (TPSA) is 114 Å². The van der Waals surface area contributed by atoms with E-state index in [4.69, 9.17) is 0 Å². The molecular formula is C23H36N4O4. The predicted octanol–water partition coefficient (Wildman–Crippen LogP) is 4.86. The first-order valence-corrected chi connectivity index (χ1v) is 11.4. The van der Waals surface area contributed by atoms with E-state index in [0.29, 0.717) is 12.0 Å². The second-order valence-corrected chi connectivity index (χ2v) is 7.70. The van der Waals surface area contributed by atoms with Crippen LogP contribution in [0.2, 0.25) is 0 Å². The number of hydrazone groups is 1. The van der Waals surface area contributed by atoms with Gasteiger partial charge in [0.1, 0.15) is 0 Å². The summed E-state index contributed by atoms with van der Waals surface area (Å²) in [5, 5.41) is 17.0. The molecule has 0 aliphatic rings. The van der Waals surface area contributed by atoms with Crippen LogP contribution in [-0.4, -0.2) is 29.5 Å². The maximum atomic E-state index is 11.8. The summed E-state index contributed by atoms with van der Waals surface area (Å²) in [5.74, 6) is -0.559. The van der Waals surface area contributed by atoms with Crippen LogP contribution >= 0.6 is 0 Å². The lowest BCUT2D eigenvalue weighted by atomic mass is 10.1. The van der Waals surface area contributed by atoms with Crippen molar-refractivity contribution in [2.45, 2.75) is 84.0 Å². The molecule has 1 aromatic rings. The van der Waals surface area contributed by atoms with Crippen LogP contribution in [0, 0.1) is 10.1 Å². The van der Waals surface area contributed by atoms with Gasteiger partial charge in [0.25, 0.3) is 11.6 Å². The van der Waals surface area contributed by atoms with Gasteiger partial charge in [-0.15, -0.1) is 0 Å². The number of unbranched alkanes of at least 4 members (excludes halogenated alkanes) is 10. The molecule has 0 heterocycles. The quantitative estimate of drug-likeness (QED) is 0.158. The van der Waals surface area contributed by atoms with E-state index in [1.165, 1.54) is 81.8 Å². The molecule has 8 heteroatoms. The minimum atomic E-state index is -0.484. The molecule has 0 aromatic heterocycles. The summed E-state index contributed by atoms with van der Waals surface area (Å²) in [7, 11) is 0. The second-order valence-electron chi connectivity index (χ2n) is 7.70. The number of nitrogens with zero attached hydrogens (tertiary/aromatic N) is 2. The lowest BCUT2D eigenvalue weighted by molar-refractivity contribution is -0.384. The third-order valence-corrected chi connectivity index (χ3v) is 4.96. The number of carbonyl (C=O) groups is 2. The molecule has 2 amide bonds. The molecule has 0 bridgehead atoms. The first-order valence-electron chi connectivity index (χ1n) is 11.4. The number of amides is 2. The van der Waals surface area contributed by atoms with Gasteiger partial charge in [0, 0.05) is 18.6 Å². The minimum absolute atomic E-state index is 0.0123. The molecule has 2 N–H and O–H groups in total. The van der Waals surface area contributed by atoms with Crippen molar-refractivity contribution in [3.05, 3.63) is 39.9 Å². The van der Waals surface area contributed by atoms with E-state index in [1.807, 2.05) is 0 Å². The van der Waals surface area contributed by atoms with Crippen LogP contribution in [0.5, 0.6) is 0 Å². The van der Waals surface area contributed by atoms with Crippen molar-refractivity contribution in [3.63, 3.8) is 0 Å². The van der Waals surface area contributed by atoms with Gasteiger partial charge >= 0.3 is 0 Å². The minimum Gasteiger partial charge on any atom is -0.347 e. The SMILES string of the molecule is CCCCCCCCCCCCCC(=O)NCC(=O)N/N=C\c1ccc([N+](=O)[O-])cc1. The molecule has 0 saturated heterocycles. The monoisotopic (exact) mass is 432 g/mol. The average Bonchev–Trinajstić information content (AvgIpc) is 2.76. The number of non-ortho nitro benzene ring substituents is 1. The Morgan fingerprint density at radius 1 is 0.903 bits per heavy atom. The highest BCUT2D eigenvalue weighted by atomic mass is 16.6. The van der Waals surface area contributed by atoms with Crippen molar-refractivity contribution in [1.82, 2.24) is 10.7 Å². The van der Waals surface area contributed by atoms with E-state index >= 15 is 0 Å². The fourth-order valence-corrected chi connectivity index (χ4v) is 3.12. The van der Waals surface area contributed by atoms with E-state index in [1.54, 1.807) is 0 Å². The Morgan fingerprint density at radius 3 is 2.00 bits per heavy atom. The number of nitro groups is 1. The molecule has 8 nitrogen and oxygen atoms in total. The van der Waals surface area contributed by atoms with E-state index in [0.717, 1.165) is 19.3 Å². The van der Waals surface area contributed by atoms with Gasteiger partial charge in [-0.1, -0.05) is 71.1 Å². The molecule has 0 spiro atoms. The van der Waals surface area contributed by atoms with Crippen LogP contribution in [0.25, 0.3) is 0 Å². The molecule has 0 atom stereocenters. The van der Waals surface area contributed by atoms with Crippen LogP contribution < -0.4 is 10.7 Å². The van der Waals surface area contributed by atoms with E-state index in [9.17, 15) is 19.7 Å². The highest BCUT2D eigenvalue weighted by molar-refractivity contribution is 5.86. The average molecular weight is 433 g/mol. The number of nitro benzene ring substituents is 1. The summed E-state index contributed by atoms with van der Waals surface area (Å²) in [6, 6.07) is 5.78. The fourth-order valence-electron chi connectivity index (χ4n) is 3.12. The summed E-state index contributed by atoms with van der Waals surface area (Å²) in [4.78, 5) is 33.6. The largest absolute Gasteiger partial charge is 0.347 e. The van der Waals surface area contributed by atoms with Gasteiger partial charge in [0.2, 0.25) is 5.91 Å². The fraction of sp³-hybridized carbons (Fsp3) is 0.609. The Bertz CT molecular complexity index is 689. The Hall–Kier alpha value is -2.77. The van der Waals surface area contributed by atoms with Crippen LogP contribution in [0.3, 0.4) is 0 Å². The van der Waals surface area contributed by atoms with Gasteiger partial charge in [0.05, 0.1) is 17.7 Å².